The van der Waals surface area contributed by atoms with Crippen molar-refractivity contribution in [3.63, 3.8) is 0 Å². The van der Waals surface area contributed by atoms with Crippen molar-refractivity contribution in [3.8, 4) is 0 Å². The Morgan fingerprint density at radius 3 is 2.80 bits per heavy atom. The summed E-state index contributed by atoms with van der Waals surface area (Å²) in [5.41, 5.74) is -0.553. The van der Waals surface area contributed by atoms with Crippen LogP contribution in [-0.2, 0) is 9.53 Å². The van der Waals surface area contributed by atoms with Crippen LogP contribution in [0.4, 0.5) is 0 Å². The van der Waals surface area contributed by atoms with Crippen molar-refractivity contribution in [3.05, 3.63) is 0 Å². The highest BCUT2D eigenvalue weighted by atomic mass is 16.5. The summed E-state index contributed by atoms with van der Waals surface area (Å²) in [6.07, 6.45) is 2.05. The van der Waals surface area contributed by atoms with Gasteiger partial charge in [-0.2, -0.15) is 0 Å². The molecule has 2 heterocycles. The van der Waals surface area contributed by atoms with Crippen molar-refractivity contribution in [2.45, 2.75) is 38.8 Å². The Bertz CT molecular complexity index is 269. The fourth-order valence-electron chi connectivity index (χ4n) is 2.65. The molecule has 0 radical (unpaired) electrons. The molecule has 0 saturated carbocycles. The van der Waals surface area contributed by atoms with Crippen LogP contribution in [0.2, 0.25) is 0 Å². The summed E-state index contributed by atoms with van der Waals surface area (Å²) < 4.78 is 5.52. The number of carbonyl (C=O) groups is 1. The van der Waals surface area contributed by atoms with Crippen molar-refractivity contribution in [2.75, 3.05) is 19.7 Å². The molecule has 0 aromatic carbocycles. The first kappa shape index (κ1) is 10.9. The van der Waals surface area contributed by atoms with E-state index in [1.165, 1.54) is 0 Å². The molecule has 0 aromatic rings. The highest BCUT2D eigenvalue weighted by Crippen LogP contribution is 2.34. The highest BCUT2D eigenvalue weighted by molar-refractivity contribution is 5.74. The van der Waals surface area contributed by atoms with Crippen LogP contribution >= 0.6 is 0 Å². The highest BCUT2D eigenvalue weighted by Gasteiger charge is 2.44. The number of nitrogens with zero attached hydrogens (tertiary/aromatic N) is 1. The Balaban J connectivity index is 2.00. The molecule has 0 aromatic heterocycles. The second-order valence-corrected chi connectivity index (χ2v) is 5.02. The minimum absolute atomic E-state index is 0.251. The molecule has 0 spiro atoms. The lowest BCUT2D eigenvalue weighted by atomic mass is 9.90. The predicted molar refractivity (Wildman–Crippen MR) is 55.8 cm³/mol. The van der Waals surface area contributed by atoms with Crippen LogP contribution in [0.25, 0.3) is 0 Å². The van der Waals surface area contributed by atoms with Gasteiger partial charge in [-0.15, -0.1) is 0 Å². The van der Waals surface area contributed by atoms with E-state index in [0.29, 0.717) is 12.6 Å². The average Bonchev–Trinajstić information content (AvgIpc) is 2.73. The maximum absolute atomic E-state index is 11.1. The Labute approximate surface area is 90.2 Å². The largest absolute Gasteiger partial charge is 0.481 e. The predicted octanol–water partition coefficient (Wildman–Crippen LogP) is 0.960. The van der Waals surface area contributed by atoms with Crippen LogP contribution in [0.1, 0.15) is 26.7 Å². The molecule has 3 atom stereocenters. The molecular weight excluding hydrogens is 194 g/mol. The van der Waals surface area contributed by atoms with E-state index in [4.69, 9.17) is 9.84 Å². The number of aliphatic carboxylic acids is 1. The molecule has 0 aliphatic carbocycles. The minimum atomic E-state index is -0.670. The van der Waals surface area contributed by atoms with Gasteiger partial charge in [0.05, 0.1) is 11.5 Å². The lowest BCUT2D eigenvalue weighted by molar-refractivity contribution is -0.147. The molecule has 2 rings (SSSR count). The zero-order chi connectivity index (χ0) is 11.1. The summed E-state index contributed by atoms with van der Waals surface area (Å²) in [4.78, 5) is 13.4. The van der Waals surface area contributed by atoms with Gasteiger partial charge >= 0.3 is 5.97 Å². The summed E-state index contributed by atoms with van der Waals surface area (Å²) in [5.74, 6) is -0.670. The first-order valence-corrected chi connectivity index (χ1v) is 5.62. The topological polar surface area (TPSA) is 49.8 Å². The fraction of sp³-hybridized carbons (Fsp3) is 0.909. The number of ether oxygens (including phenoxy) is 1. The molecule has 2 fully saturated rings. The molecule has 1 N–H and O–H groups in total. The Kier molecular flexibility index (Phi) is 2.73. The van der Waals surface area contributed by atoms with Gasteiger partial charge in [0.2, 0.25) is 0 Å². The normalized spacial score (nSPS) is 42.3. The summed E-state index contributed by atoms with van der Waals surface area (Å²) in [7, 11) is 0. The van der Waals surface area contributed by atoms with Gasteiger partial charge in [0.1, 0.15) is 0 Å². The lowest BCUT2D eigenvalue weighted by Crippen LogP contribution is -2.40. The average molecular weight is 213 g/mol. The Morgan fingerprint density at radius 2 is 2.33 bits per heavy atom. The molecule has 2 aliphatic heterocycles. The third-order valence-corrected chi connectivity index (χ3v) is 3.82. The van der Waals surface area contributed by atoms with Crippen LogP contribution < -0.4 is 0 Å². The summed E-state index contributed by atoms with van der Waals surface area (Å²) >= 11 is 0. The smallest absolute Gasteiger partial charge is 0.310 e. The van der Waals surface area contributed by atoms with E-state index in [0.717, 1.165) is 26.0 Å². The maximum atomic E-state index is 11.1. The van der Waals surface area contributed by atoms with Crippen molar-refractivity contribution in [1.29, 1.82) is 0 Å². The molecule has 4 nitrogen and oxygen atoms in total. The van der Waals surface area contributed by atoms with E-state index in [-0.39, 0.29) is 6.10 Å². The number of rotatable bonds is 2. The van der Waals surface area contributed by atoms with E-state index < -0.39 is 11.4 Å². The van der Waals surface area contributed by atoms with Gasteiger partial charge in [0, 0.05) is 19.2 Å². The zero-order valence-corrected chi connectivity index (χ0v) is 9.40. The van der Waals surface area contributed by atoms with Gasteiger partial charge < -0.3 is 9.84 Å². The van der Waals surface area contributed by atoms with E-state index in [2.05, 4.69) is 11.8 Å². The molecule has 4 heteroatoms. The third-order valence-electron chi connectivity index (χ3n) is 3.82. The molecule has 2 saturated heterocycles. The second kappa shape index (κ2) is 3.76. The Morgan fingerprint density at radius 1 is 1.60 bits per heavy atom. The van der Waals surface area contributed by atoms with Crippen molar-refractivity contribution >= 4 is 5.97 Å². The quantitative estimate of drug-likeness (QED) is 0.742. The van der Waals surface area contributed by atoms with Gasteiger partial charge in [0.15, 0.2) is 0 Å². The van der Waals surface area contributed by atoms with E-state index >= 15 is 0 Å². The first-order valence-electron chi connectivity index (χ1n) is 5.62. The number of likely N-dealkylation sites (tertiary alicyclic amines) is 1. The van der Waals surface area contributed by atoms with Gasteiger partial charge in [0.25, 0.3) is 0 Å². The molecule has 15 heavy (non-hydrogen) atoms. The fourth-order valence-corrected chi connectivity index (χ4v) is 2.65. The molecule has 0 amide bonds. The molecule has 2 aliphatic rings. The van der Waals surface area contributed by atoms with Crippen molar-refractivity contribution in [2.24, 2.45) is 5.41 Å². The van der Waals surface area contributed by atoms with Crippen molar-refractivity contribution < 1.29 is 14.6 Å². The SMILES string of the molecule is CC1OCCC1N1CCC(C)(C(=O)O)C1. The number of carboxylic acids is 1. The van der Waals surface area contributed by atoms with E-state index in [1.807, 2.05) is 6.92 Å². The van der Waals surface area contributed by atoms with Crippen LogP contribution in [0.3, 0.4) is 0 Å². The zero-order valence-electron chi connectivity index (χ0n) is 9.40. The number of hydrogen-bond acceptors (Lipinski definition) is 3. The summed E-state index contributed by atoms with van der Waals surface area (Å²) in [5, 5.41) is 9.14. The minimum Gasteiger partial charge on any atom is -0.481 e. The number of hydrogen-bond donors (Lipinski definition) is 1. The summed E-state index contributed by atoms with van der Waals surface area (Å²) in [6, 6.07) is 0.422. The van der Waals surface area contributed by atoms with Gasteiger partial charge in [-0.05, 0) is 33.2 Å². The molecule has 86 valence electrons. The lowest BCUT2D eigenvalue weighted by Gasteiger charge is -2.27. The monoisotopic (exact) mass is 213 g/mol. The van der Waals surface area contributed by atoms with Gasteiger partial charge in [-0.1, -0.05) is 0 Å². The molecule has 3 unspecified atom stereocenters. The molecular formula is C11H19NO3. The van der Waals surface area contributed by atoms with Crippen LogP contribution in [0.5, 0.6) is 0 Å². The number of carboxylic acid groups (broad SMARTS) is 1. The Hall–Kier alpha value is -0.610. The van der Waals surface area contributed by atoms with Crippen LogP contribution in [-0.4, -0.2) is 47.8 Å². The molecule has 0 bridgehead atoms. The first-order chi connectivity index (χ1) is 7.03. The van der Waals surface area contributed by atoms with Gasteiger partial charge in [-0.3, -0.25) is 9.69 Å². The standard InChI is InChI=1S/C11H19NO3/c1-8-9(3-6-15-8)12-5-4-11(2,7-12)10(13)14/h8-9H,3-7H2,1-2H3,(H,13,14). The summed E-state index contributed by atoms with van der Waals surface area (Å²) in [6.45, 7) is 6.29. The van der Waals surface area contributed by atoms with E-state index in [9.17, 15) is 4.79 Å². The van der Waals surface area contributed by atoms with Crippen LogP contribution in [0.15, 0.2) is 0 Å². The van der Waals surface area contributed by atoms with Crippen molar-refractivity contribution in [1.82, 2.24) is 4.90 Å². The third kappa shape index (κ3) is 1.88. The second-order valence-electron chi connectivity index (χ2n) is 5.02. The van der Waals surface area contributed by atoms with E-state index in [1.54, 1.807) is 0 Å². The van der Waals surface area contributed by atoms with Crippen LogP contribution in [0, 0.1) is 5.41 Å². The van der Waals surface area contributed by atoms with Gasteiger partial charge in [-0.25, -0.2) is 0 Å². The maximum Gasteiger partial charge on any atom is 0.310 e.